The zero-order valence-electron chi connectivity index (χ0n) is 16.3. The zero-order chi connectivity index (χ0) is 19.4. The van der Waals surface area contributed by atoms with Gasteiger partial charge < -0.3 is 9.32 Å². The molecule has 3 rings (SSSR count). The molecule has 0 bridgehead atoms. The van der Waals surface area contributed by atoms with E-state index in [1.54, 1.807) is 4.90 Å². The van der Waals surface area contributed by atoms with Crippen LogP contribution in [-0.4, -0.2) is 37.3 Å². The Balaban J connectivity index is 1.77. The Kier molecular flexibility index (Phi) is 5.69. The highest BCUT2D eigenvalue weighted by Gasteiger charge is 2.21. The smallest absolute Gasteiger partial charge is 0.235 e. The second-order valence-electron chi connectivity index (χ2n) is 6.42. The van der Waals surface area contributed by atoms with Crippen LogP contribution in [0.15, 0.2) is 34.7 Å². The van der Waals surface area contributed by atoms with E-state index in [-0.39, 0.29) is 5.91 Å². The molecule has 7 heteroatoms. The molecule has 1 amide bonds. The second-order valence-corrected chi connectivity index (χ2v) is 6.42. The summed E-state index contributed by atoms with van der Waals surface area (Å²) in [5.41, 5.74) is 3.80. The average Bonchev–Trinajstić information content (AvgIpc) is 3.26. The molecule has 2 aromatic heterocycles. The van der Waals surface area contributed by atoms with Gasteiger partial charge in [0.2, 0.25) is 17.7 Å². The Morgan fingerprint density at radius 1 is 1.11 bits per heavy atom. The molecule has 0 unspecified atom stereocenters. The second kappa shape index (κ2) is 8.16. The Bertz CT molecular complexity index is 914. The standard InChI is InChI=1S/C20H25N5O2/c1-5-18-21-22-19(27-18)13-24(6-2)20(26)12-17-14(3)23-25(15(17)4)16-10-8-7-9-11-16/h7-11H,5-6,12-13H2,1-4H3. The van der Waals surface area contributed by atoms with Crippen molar-refractivity contribution < 1.29 is 9.21 Å². The maximum absolute atomic E-state index is 12.9. The van der Waals surface area contributed by atoms with Gasteiger partial charge in [0.15, 0.2) is 0 Å². The highest BCUT2D eigenvalue weighted by atomic mass is 16.4. The van der Waals surface area contributed by atoms with Gasteiger partial charge in [-0.25, -0.2) is 4.68 Å². The third-order valence-corrected chi connectivity index (χ3v) is 4.64. The number of para-hydroxylation sites is 1. The average molecular weight is 367 g/mol. The molecule has 27 heavy (non-hydrogen) atoms. The molecule has 2 heterocycles. The van der Waals surface area contributed by atoms with Crippen LogP contribution in [0.25, 0.3) is 5.69 Å². The molecule has 0 aliphatic carbocycles. The van der Waals surface area contributed by atoms with Crippen molar-refractivity contribution in [3.8, 4) is 5.69 Å². The number of likely N-dealkylation sites (N-methyl/N-ethyl adjacent to an activating group) is 1. The molecule has 0 N–H and O–H groups in total. The monoisotopic (exact) mass is 367 g/mol. The summed E-state index contributed by atoms with van der Waals surface area (Å²) in [7, 11) is 0. The molecule has 0 spiro atoms. The van der Waals surface area contributed by atoms with Gasteiger partial charge in [0.05, 0.1) is 24.3 Å². The van der Waals surface area contributed by atoms with E-state index in [0.717, 1.165) is 22.6 Å². The molecule has 0 atom stereocenters. The number of hydrogen-bond acceptors (Lipinski definition) is 5. The molecular formula is C20H25N5O2. The van der Waals surface area contributed by atoms with Crippen molar-refractivity contribution in [3.63, 3.8) is 0 Å². The largest absolute Gasteiger partial charge is 0.423 e. The predicted octanol–water partition coefficient (Wildman–Crippen LogP) is 3.03. The summed E-state index contributed by atoms with van der Waals surface area (Å²) in [6.07, 6.45) is 0.983. The lowest BCUT2D eigenvalue weighted by molar-refractivity contribution is -0.131. The Morgan fingerprint density at radius 2 is 1.81 bits per heavy atom. The molecule has 0 aliphatic rings. The van der Waals surface area contributed by atoms with Crippen LogP contribution in [0, 0.1) is 13.8 Å². The van der Waals surface area contributed by atoms with Crippen LogP contribution < -0.4 is 0 Å². The normalized spacial score (nSPS) is 11.0. The number of carbonyl (C=O) groups excluding carboxylic acids is 1. The van der Waals surface area contributed by atoms with E-state index in [9.17, 15) is 4.79 Å². The van der Waals surface area contributed by atoms with Gasteiger partial charge in [-0.3, -0.25) is 4.79 Å². The van der Waals surface area contributed by atoms with Crippen LogP contribution >= 0.6 is 0 Å². The SMILES string of the molecule is CCc1nnc(CN(CC)C(=O)Cc2c(C)nn(-c3ccccc3)c2C)o1. The van der Waals surface area contributed by atoms with Crippen LogP contribution in [0.3, 0.4) is 0 Å². The molecule has 7 nitrogen and oxygen atoms in total. The van der Waals surface area contributed by atoms with Gasteiger partial charge in [0.25, 0.3) is 0 Å². The van der Waals surface area contributed by atoms with Gasteiger partial charge in [-0.05, 0) is 32.9 Å². The number of rotatable bonds is 7. The molecule has 3 aromatic rings. The van der Waals surface area contributed by atoms with Crippen molar-refractivity contribution in [2.75, 3.05) is 6.54 Å². The van der Waals surface area contributed by atoms with Crippen molar-refractivity contribution in [3.05, 3.63) is 59.1 Å². The Hall–Kier alpha value is -2.96. The van der Waals surface area contributed by atoms with E-state index in [2.05, 4.69) is 15.3 Å². The van der Waals surface area contributed by atoms with Crippen molar-refractivity contribution in [2.45, 2.75) is 47.1 Å². The summed E-state index contributed by atoms with van der Waals surface area (Å²) in [6.45, 7) is 8.74. The highest BCUT2D eigenvalue weighted by Crippen LogP contribution is 2.19. The van der Waals surface area contributed by atoms with E-state index < -0.39 is 0 Å². The summed E-state index contributed by atoms with van der Waals surface area (Å²) >= 11 is 0. The molecule has 0 fully saturated rings. The quantitative estimate of drug-likeness (QED) is 0.641. The minimum absolute atomic E-state index is 0.0209. The van der Waals surface area contributed by atoms with Crippen molar-refractivity contribution in [1.82, 2.24) is 24.9 Å². The molecule has 0 saturated heterocycles. The van der Waals surface area contributed by atoms with Crippen LogP contribution in [0.1, 0.15) is 42.6 Å². The predicted molar refractivity (Wildman–Crippen MR) is 102 cm³/mol. The fourth-order valence-electron chi connectivity index (χ4n) is 3.05. The lowest BCUT2D eigenvalue weighted by atomic mass is 10.1. The van der Waals surface area contributed by atoms with E-state index in [1.807, 2.05) is 62.7 Å². The van der Waals surface area contributed by atoms with Gasteiger partial charge in [-0.2, -0.15) is 5.10 Å². The minimum atomic E-state index is 0.0209. The van der Waals surface area contributed by atoms with E-state index in [4.69, 9.17) is 4.42 Å². The van der Waals surface area contributed by atoms with Crippen LogP contribution in [0.5, 0.6) is 0 Å². The number of benzene rings is 1. The van der Waals surface area contributed by atoms with Gasteiger partial charge in [0.1, 0.15) is 0 Å². The lowest BCUT2D eigenvalue weighted by Crippen LogP contribution is -2.32. The highest BCUT2D eigenvalue weighted by molar-refractivity contribution is 5.79. The number of aryl methyl sites for hydroxylation is 2. The van der Waals surface area contributed by atoms with Crippen molar-refractivity contribution in [2.24, 2.45) is 0 Å². The third kappa shape index (κ3) is 4.07. The zero-order valence-corrected chi connectivity index (χ0v) is 16.3. The first kappa shape index (κ1) is 18.8. The van der Waals surface area contributed by atoms with Gasteiger partial charge >= 0.3 is 0 Å². The first-order chi connectivity index (χ1) is 13.0. The third-order valence-electron chi connectivity index (χ3n) is 4.64. The molecule has 1 aromatic carbocycles. The van der Waals surface area contributed by atoms with E-state index in [0.29, 0.717) is 37.7 Å². The molecule has 0 radical (unpaired) electrons. The summed E-state index contributed by atoms with van der Waals surface area (Å²) in [6, 6.07) is 9.93. The molecule has 0 saturated carbocycles. The van der Waals surface area contributed by atoms with E-state index >= 15 is 0 Å². The first-order valence-electron chi connectivity index (χ1n) is 9.23. The van der Waals surface area contributed by atoms with Crippen LogP contribution in [0.2, 0.25) is 0 Å². The van der Waals surface area contributed by atoms with Crippen molar-refractivity contribution >= 4 is 5.91 Å². The van der Waals surface area contributed by atoms with Gasteiger partial charge in [0, 0.05) is 24.2 Å². The molecular weight excluding hydrogens is 342 g/mol. The fourth-order valence-corrected chi connectivity index (χ4v) is 3.05. The number of aromatic nitrogens is 4. The number of carbonyl (C=O) groups is 1. The van der Waals surface area contributed by atoms with Crippen molar-refractivity contribution in [1.29, 1.82) is 0 Å². The van der Waals surface area contributed by atoms with Gasteiger partial charge in [-0.1, -0.05) is 25.1 Å². The van der Waals surface area contributed by atoms with Gasteiger partial charge in [-0.15, -0.1) is 10.2 Å². The number of hydrogen-bond donors (Lipinski definition) is 0. The molecule has 142 valence electrons. The maximum Gasteiger partial charge on any atom is 0.235 e. The summed E-state index contributed by atoms with van der Waals surface area (Å²) in [5.74, 6) is 1.08. The maximum atomic E-state index is 12.9. The lowest BCUT2D eigenvalue weighted by Gasteiger charge is -2.19. The molecule has 0 aliphatic heterocycles. The Morgan fingerprint density at radius 3 is 2.44 bits per heavy atom. The Labute approximate surface area is 159 Å². The van der Waals surface area contributed by atoms with Crippen LogP contribution in [0.4, 0.5) is 0 Å². The summed E-state index contributed by atoms with van der Waals surface area (Å²) < 4.78 is 7.43. The van der Waals surface area contributed by atoms with E-state index in [1.165, 1.54) is 0 Å². The van der Waals surface area contributed by atoms with Crippen LogP contribution in [-0.2, 0) is 24.2 Å². The first-order valence-corrected chi connectivity index (χ1v) is 9.23. The summed E-state index contributed by atoms with van der Waals surface area (Å²) in [4.78, 5) is 14.6. The topological polar surface area (TPSA) is 77.1 Å². The number of amides is 1. The minimum Gasteiger partial charge on any atom is -0.423 e. The summed E-state index contributed by atoms with van der Waals surface area (Å²) in [5, 5.41) is 12.6. The number of nitrogens with zero attached hydrogens (tertiary/aromatic N) is 5. The fraction of sp³-hybridized carbons (Fsp3) is 0.400.